The molecule has 0 radical (unpaired) electrons. The first-order chi connectivity index (χ1) is 16.4. The van der Waals surface area contributed by atoms with Crippen LogP contribution in [0.4, 0.5) is 11.4 Å². The van der Waals surface area contributed by atoms with Gasteiger partial charge in [0.05, 0.1) is 11.5 Å². The van der Waals surface area contributed by atoms with E-state index in [1.807, 2.05) is 29.2 Å². The summed E-state index contributed by atoms with van der Waals surface area (Å²) in [5.74, 6) is -1.99. The van der Waals surface area contributed by atoms with Crippen molar-refractivity contribution in [3.8, 4) is 0 Å². The fourth-order valence-corrected chi connectivity index (χ4v) is 4.21. The maximum absolute atomic E-state index is 13.0. The van der Waals surface area contributed by atoms with E-state index in [1.54, 1.807) is 6.92 Å². The Morgan fingerprint density at radius 1 is 1.12 bits per heavy atom. The Labute approximate surface area is 201 Å². The lowest BCUT2D eigenvalue weighted by Crippen LogP contribution is -2.57. The molecule has 34 heavy (non-hydrogen) atoms. The Hall–Kier alpha value is -3.66. The number of carbonyl (C=O) groups excluding carboxylic acids is 2. The van der Waals surface area contributed by atoms with Crippen molar-refractivity contribution in [1.82, 2.24) is 10.2 Å². The van der Waals surface area contributed by atoms with Crippen molar-refractivity contribution in [2.75, 3.05) is 37.7 Å². The number of nitrogens with zero attached hydrogens (tertiary/aromatic N) is 4. The second-order valence-electron chi connectivity index (χ2n) is 7.92. The number of nitro benzene ring substituents is 1. The first-order valence-electron chi connectivity index (χ1n) is 10.9. The number of ether oxygens (including phenoxy) is 1. The summed E-state index contributed by atoms with van der Waals surface area (Å²) in [6.07, 6.45) is 0. The number of halogens is 1. The average Bonchev–Trinajstić information content (AvgIpc) is 2.84. The number of guanidine groups is 1. The molecule has 1 fully saturated rings. The van der Waals surface area contributed by atoms with E-state index in [2.05, 4.69) is 10.2 Å². The summed E-state index contributed by atoms with van der Waals surface area (Å²) >= 11 is 5.98. The van der Waals surface area contributed by atoms with E-state index in [0.717, 1.165) is 5.69 Å². The molecule has 4 rings (SSSR count). The van der Waals surface area contributed by atoms with Crippen molar-refractivity contribution in [2.45, 2.75) is 13.0 Å². The number of rotatable bonds is 5. The van der Waals surface area contributed by atoms with E-state index in [0.29, 0.717) is 42.7 Å². The molecule has 10 nitrogen and oxygen atoms in total. The normalized spacial score (nSPS) is 20.4. The largest absolute Gasteiger partial charge is 0.465 e. The highest BCUT2D eigenvalue weighted by Gasteiger charge is 2.42. The summed E-state index contributed by atoms with van der Waals surface area (Å²) in [7, 11) is 0. The molecule has 2 atom stereocenters. The third-order valence-corrected chi connectivity index (χ3v) is 6.10. The number of nitro groups is 1. The zero-order valence-corrected chi connectivity index (χ0v) is 19.3. The molecular weight excluding hydrogens is 462 g/mol. The SMILES string of the molecule is CCOC(=O)[C@H]1C(=O)NC(N2CCN(c3ccc(Cl)cc3)CC2)=N[C@@H]1c1ccc([N+](=O)[O-])cc1. The molecule has 2 aliphatic rings. The van der Waals surface area contributed by atoms with Crippen molar-refractivity contribution in [2.24, 2.45) is 10.9 Å². The molecule has 0 unspecified atom stereocenters. The zero-order valence-electron chi connectivity index (χ0n) is 18.5. The zero-order chi connectivity index (χ0) is 24.2. The van der Waals surface area contributed by atoms with Crippen LogP contribution in [0.3, 0.4) is 0 Å². The number of non-ortho nitro benzene ring substituents is 1. The minimum Gasteiger partial charge on any atom is -0.465 e. The molecule has 0 saturated carbocycles. The van der Waals surface area contributed by atoms with Crippen molar-refractivity contribution in [1.29, 1.82) is 0 Å². The predicted molar refractivity (Wildman–Crippen MR) is 127 cm³/mol. The second kappa shape index (κ2) is 10.1. The van der Waals surface area contributed by atoms with Crippen LogP contribution in [-0.4, -0.2) is 60.4 Å². The number of hydrogen-bond donors (Lipinski definition) is 1. The van der Waals surface area contributed by atoms with Gasteiger partial charge in [0.15, 0.2) is 5.92 Å². The molecule has 11 heteroatoms. The predicted octanol–water partition coefficient (Wildman–Crippen LogP) is 2.78. The van der Waals surface area contributed by atoms with E-state index in [4.69, 9.17) is 21.3 Å². The van der Waals surface area contributed by atoms with Crippen molar-refractivity contribution >= 4 is 40.8 Å². The van der Waals surface area contributed by atoms with Gasteiger partial charge in [-0.1, -0.05) is 23.7 Å². The molecule has 1 amide bonds. The van der Waals surface area contributed by atoms with Crippen molar-refractivity contribution in [3.05, 3.63) is 69.2 Å². The van der Waals surface area contributed by atoms with Gasteiger partial charge in [0.2, 0.25) is 11.9 Å². The van der Waals surface area contributed by atoms with Gasteiger partial charge in [-0.05, 0) is 36.8 Å². The molecule has 0 bridgehead atoms. The van der Waals surface area contributed by atoms with Crippen molar-refractivity contribution in [3.63, 3.8) is 0 Å². The monoisotopic (exact) mass is 485 g/mol. The molecule has 0 aliphatic carbocycles. The lowest BCUT2D eigenvalue weighted by Gasteiger charge is -2.39. The van der Waals surface area contributed by atoms with Crippen LogP contribution in [0.1, 0.15) is 18.5 Å². The standard InChI is InChI=1S/C23H24ClN5O5/c1-2-34-22(31)19-20(15-3-7-18(8-4-15)29(32)33)25-23(26-21(19)30)28-13-11-27(12-14-28)17-9-5-16(24)6-10-17/h3-10,19-20H,2,11-14H2,1H3,(H,25,26,30)/t19-,20-/m1/s1. The number of benzene rings is 2. The first-order valence-corrected chi connectivity index (χ1v) is 11.3. The molecule has 2 aliphatic heterocycles. The van der Waals surface area contributed by atoms with Crippen LogP contribution in [0, 0.1) is 16.0 Å². The molecule has 2 heterocycles. The first kappa shape index (κ1) is 23.5. The second-order valence-corrected chi connectivity index (χ2v) is 8.35. The summed E-state index contributed by atoms with van der Waals surface area (Å²) in [6.45, 7) is 4.42. The van der Waals surface area contributed by atoms with E-state index in [9.17, 15) is 19.7 Å². The third-order valence-electron chi connectivity index (χ3n) is 5.85. The number of nitrogens with one attached hydrogen (secondary N) is 1. The summed E-state index contributed by atoms with van der Waals surface area (Å²) in [6, 6.07) is 12.5. The Morgan fingerprint density at radius 2 is 1.74 bits per heavy atom. The van der Waals surface area contributed by atoms with Crippen LogP contribution >= 0.6 is 11.6 Å². The van der Waals surface area contributed by atoms with Gasteiger partial charge >= 0.3 is 5.97 Å². The van der Waals surface area contributed by atoms with Crippen LogP contribution < -0.4 is 10.2 Å². The average molecular weight is 486 g/mol. The van der Waals surface area contributed by atoms with Crippen LogP contribution in [0.2, 0.25) is 5.02 Å². The molecule has 0 spiro atoms. The minimum absolute atomic E-state index is 0.0841. The van der Waals surface area contributed by atoms with Gasteiger partial charge in [0.25, 0.3) is 5.69 Å². The van der Waals surface area contributed by atoms with Crippen LogP contribution in [0.25, 0.3) is 0 Å². The third kappa shape index (κ3) is 4.96. The van der Waals surface area contributed by atoms with Crippen LogP contribution in [-0.2, 0) is 14.3 Å². The number of anilines is 1. The highest BCUT2D eigenvalue weighted by atomic mass is 35.5. The maximum Gasteiger partial charge on any atom is 0.321 e. The fourth-order valence-electron chi connectivity index (χ4n) is 4.09. The molecule has 2 aromatic carbocycles. The summed E-state index contributed by atoms with van der Waals surface area (Å²) in [4.78, 5) is 45.0. The van der Waals surface area contributed by atoms with E-state index >= 15 is 0 Å². The van der Waals surface area contributed by atoms with Gasteiger partial charge in [-0.15, -0.1) is 0 Å². The Balaban J connectivity index is 1.57. The topological polar surface area (TPSA) is 117 Å². The summed E-state index contributed by atoms with van der Waals surface area (Å²) in [5.41, 5.74) is 1.50. The number of aliphatic imine (C=N–C) groups is 1. The molecule has 2 aromatic rings. The van der Waals surface area contributed by atoms with Gasteiger partial charge in [-0.25, -0.2) is 4.99 Å². The molecule has 178 valence electrons. The van der Waals surface area contributed by atoms with Gasteiger partial charge in [-0.3, -0.25) is 25.0 Å². The van der Waals surface area contributed by atoms with Gasteiger partial charge < -0.3 is 14.5 Å². The summed E-state index contributed by atoms with van der Waals surface area (Å²) < 4.78 is 5.11. The van der Waals surface area contributed by atoms with Crippen LogP contribution in [0.15, 0.2) is 53.5 Å². The molecule has 0 aromatic heterocycles. The lowest BCUT2D eigenvalue weighted by molar-refractivity contribution is -0.384. The summed E-state index contributed by atoms with van der Waals surface area (Å²) in [5, 5.41) is 14.5. The molecule has 1 N–H and O–H groups in total. The molecular formula is C23H24ClN5O5. The lowest BCUT2D eigenvalue weighted by atomic mass is 9.91. The number of esters is 1. The fraction of sp³-hybridized carbons (Fsp3) is 0.348. The Morgan fingerprint density at radius 3 is 2.32 bits per heavy atom. The Bertz CT molecular complexity index is 1100. The minimum atomic E-state index is -1.18. The Kier molecular flexibility index (Phi) is 6.97. The van der Waals surface area contributed by atoms with E-state index < -0.39 is 28.8 Å². The van der Waals surface area contributed by atoms with Crippen molar-refractivity contribution < 1.29 is 19.2 Å². The van der Waals surface area contributed by atoms with Gasteiger partial charge in [0, 0.05) is 49.0 Å². The van der Waals surface area contributed by atoms with Crippen LogP contribution in [0.5, 0.6) is 0 Å². The molecule has 1 saturated heterocycles. The highest BCUT2D eigenvalue weighted by molar-refractivity contribution is 6.30. The van der Waals surface area contributed by atoms with E-state index in [-0.39, 0.29) is 12.3 Å². The smallest absolute Gasteiger partial charge is 0.321 e. The number of hydrogen-bond acceptors (Lipinski definition) is 8. The number of amides is 1. The maximum atomic E-state index is 13.0. The number of carbonyl (C=O) groups is 2. The van der Waals surface area contributed by atoms with Gasteiger partial charge in [0.1, 0.15) is 6.04 Å². The van der Waals surface area contributed by atoms with Gasteiger partial charge in [-0.2, -0.15) is 0 Å². The number of piperazine rings is 1. The highest BCUT2D eigenvalue weighted by Crippen LogP contribution is 2.32. The van der Waals surface area contributed by atoms with E-state index in [1.165, 1.54) is 24.3 Å². The quantitative estimate of drug-likeness (QED) is 0.299.